The normalized spacial score (nSPS) is 26.6. The first-order chi connectivity index (χ1) is 6.21. The van der Waals surface area contributed by atoms with Crippen molar-refractivity contribution < 1.29 is 0 Å². The molecule has 1 atom stereocenters. The lowest BCUT2D eigenvalue weighted by molar-refractivity contribution is -0.00406. The van der Waals surface area contributed by atoms with E-state index in [1.165, 1.54) is 19.4 Å². The van der Waals surface area contributed by atoms with Gasteiger partial charge in [-0.05, 0) is 39.0 Å². The van der Waals surface area contributed by atoms with Crippen molar-refractivity contribution in [1.82, 2.24) is 10.4 Å². The zero-order valence-corrected chi connectivity index (χ0v) is 10.6. The van der Waals surface area contributed by atoms with Crippen molar-refractivity contribution >= 4 is 0 Å². The van der Waals surface area contributed by atoms with E-state index < -0.39 is 0 Å². The predicted octanol–water partition coefficient (Wildman–Crippen LogP) is 2.80. The second kappa shape index (κ2) is 3.82. The Morgan fingerprint density at radius 2 is 1.64 bits per heavy atom. The average Bonchev–Trinajstić information content (AvgIpc) is 2.01. The summed E-state index contributed by atoms with van der Waals surface area (Å²) in [6.45, 7) is 14.9. The first-order valence-corrected chi connectivity index (χ1v) is 5.75. The van der Waals surface area contributed by atoms with Crippen molar-refractivity contribution in [1.29, 1.82) is 0 Å². The van der Waals surface area contributed by atoms with Crippen LogP contribution in [0.25, 0.3) is 0 Å². The molecule has 0 saturated carbocycles. The quantitative estimate of drug-likeness (QED) is 0.644. The van der Waals surface area contributed by atoms with Gasteiger partial charge in [0.05, 0.1) is 0 Å². The van der Waals surface area contributed by atoms with Crippen molar-refractivity contribution in [2.45, 2.75) is 66.0 Å². The molecule has 14 heavy (non-hydrogen) atoms. The largest absolute Gasteiger partial charge is 0.251 e. The monoisotopic (exact) mass is 198 g/mol. The molecule has 1 saturated heterocycles. The Morgan fingerprint density at radius 3 is 2.07 bits per heavy atom. The van der Waals surface area contributed by atoms with Crippen LogP contribution < -0.4 is 5.43 Å². The van der Waals surface area contributed by atoms with E-state index in [9.17, 15) is 0 Å². The van der Waals surface area contributed by atoms with E-state index >= 15 is 0 Å². The number of nitrogens with one attached hydrogen (secondary N) is 1. The van der Waals surface area contributed by atoms with Crippen molar-refractivity contribution in [3.8, 4) is 0 Å². The lowest BCUT2D eigenvalue weighted by Crippen LogP contribution is -2.60. The second-order valence-corrected chi connectivity index (χ2v) is 6.51. The number of hydrogen-bond acceptors (Lipinski definition) is 2. The SMILES string of the molecule is CC(C)(C)C1CCCN(C(C)(C)C)N1. The molecule has 1 fully saturated rings. The van der Waals surface area contributed by atoms with Gasteiger partial charge >= 0.3 is 0 Å². The Labute approximate surface area is 89.0 Å². The lowest BCUT2D eigenvalue weighted by atomic mass is 9.83. The van der Waals surface area contributed by atoms with Crippen molar-refractivity contribution in [2.75, 3.05) is 6.54 Å². The number of nitrogens with zero attached hydrogens (tertiary/aromatic N) is 1. The van der Waals surface area contributed by atoms with E-state index in [0.717, 1.165) is 0 Å². The maximum atomic E-state index is 3.67. The van der Waals surface area contributed by atoms with E-state index in [0.29, 0.717) is 11.5 Å². The molecule has 0 aromatic rings. The van der Waals surface area contributed by atoms with Gasteiger partial charge in [-0.1, -0.05) is 20.8 Å². The molecule has 0 spiro atoms. The van der Waals surface area contributed by atoms with Crippen LogP contribution >= 0.6 is 0 Å². The van der Waals surface area contributed by atoms with Gasteiger partial charge in [-0.2, -0.15) is 0 Å². The van der Waals surface area contributed by atoms with Gasteiger partial charge < -0.3 is 0 Å². The predicted molar refractivity (Wildman–Crippen MR) is 62.1 cm³/mol. The fourth-order valence-electron chi connectivity index (χ4n) is 1.93. The van der Waals surface area contributed by atoms with Gasteiger partial charge in [-0.25, -0.2) is 5.01 Å². The fourth-order valence-corrected chi connectivity index (χ4v) is 1.93. The van der Waals surface area contributed by atoms with Gasteiger partial charge in [0.1, 0.15) is 0 Å². The lowest BCUT2D eigenvalue weighted by Gasteiger charge is -2.46. The molecular weight excluding hydrogens is 172 g/mol. The highest BCUT2D eigenvalue weighted by Gasteiger charge is 2.32. The first-order valence-electron chi connectivity index (χ1n) is 5.75. The molecule has 2 nitrogen and oxygen atoms in total. The minimum absolute atomic E-state index is 0.240. The van der Waals surface area contributed by atoms with Crippen LogP contribution in [0.3, 0.4) is 0 Å². The summed E-state index contributed by atoms with van der Waals surface area (Å²) in [5.74, 6) is 0. The van der Waals surface area contributed by atoms with Gasteiger partial charge in [-0.15, -0.1) is 0 Å². The number of hydrazine groups is 1. The standard InChI is InChI=1S/C12H26N2/c1-11(2,3)10-8-7-9-14(13-10)12(4,5)6/h10,13H,7-9H2,1-6H3. The molecule has 1 rings (SSSR count). The van der Waals surface area contributed by atoms with Gasteiger partial charge in [-0.3, -0.25) is 5.43 Å². The molecule has 0 aromatic heterocycles. The van der Waals surface area contributed by atoms with Gasteiger partial charge in [0, 0.05) is 18.1 Å². The fraction of sp³-hybridized carbons (Fsp3) is 1.00. The zero-order chi connectivity index (χ0) is 11.0. The molecule has 84 valence electrons. The summed E-state index contributed by atoms with van der Waals surface area (Å²) in [5.41, 5.74) is 4.27. The van der Waals surface area contributed by atoms with E-state index in [-0.39, 0.29) is 5.54 Å². The third-order valence-corrected chi connectivity index (χ3v) is 3.04. The molecular formula is C12H26N2. The van der Waals surface area contributed by atoms with Gasteiger partial charge in [0.15, 0.2) is 0 Å². The molecule has 1 unspecified atom stereocenters. The molecule has 1 heterocycles. The first kappa shape index (κ1) is 12.0. The summed E-state index contributed by atoms with van der Waals surface area (Å²) in [7, 11) is 0. The Bertz CT molecular complexity index is 165. The molecule has 0 radical (unpaired) electrons. The highest BCUT2D eigenvalue weighted by molar-refractivity contribution is 4.86. The zero-order valence-electron chi connectivity index (χ0n) is 10.6. The van der Waals surface area contributed by atoms with Crippen molar-refractivity contribution in [3.05, 3.63) is 0 Å². The van der Waals surface area contributed by atoms with Gasteiger partial charge in [0.25, 0.3) is 0 Å². The minimum Gasteiger partial charge on any atom is -0.251 e. The molecule has 0 aliphatic carbocycles. The Hall–Kier alpha value is -0.0800. The summed E-state index contributed by atoms with van der Waals surface area (Å²) in [6, 6.07) is 0.621. The van der Waals surface area contributed by atoms with E-state index in [1.807, 2.05) is 0 Å². The van der Waals surface area contributed by atoms with Crippen molar-refractivity contribution in [2.24, 2.45) is 5.41 Å². The summed E-state index contributed by atoms with van der Waals surface area (Å²) in [6.07, 6.45) is 2.61. The van der Waals surface area contributed by atoms with Crippen LogP contribution in [0.1, 0.15) is 54.4 Å². The summed E-state index contributed by atoms with van der Waals surface area (Å²) >= 11 is 0. The topological polar surface area (TPSA) is 15.3 Å². The molecule has 0 bridgehead atoms. The Kier molecular flexibility index (Phi) is 3.27. The highest BCUT2D eigenvalue weighted by atomic mass is 15.5. The smallest absolute Gasteiger partial charge is 0.0269 e. The highest BCUT2D eigenvalue weighted by Crippen LogP contribution is 2.27. The number of rotatable bonds is 0. The number of hydrogen-bond donors (Lipinski definition) is 1. The van der Waals surface area contributed by atoms with E-state index in [2.05, 4.69) is 52.0 Å². The Morgan fingerprint density at radius 1 is 1.07 bits per heavy atom. The molecule has 2 heteroatoms. The molecule has 1 N–H and O–H groups in total. The van der Waals surface area contributed by atoms with Crippen LogP contribution in [0.2, 0.25) is 0 Å². The van der Waals surface area contributed by atoms with Crippen molar-refractivity contribution in [3.63, 3.8) is 0 Å². The second-order valence-electron chi connectivity index (χ2n) is 6.51. The maximum absolute atomic E-state index is 3.67. The maximum Gasteiger partial charge on any atom is 0.0269 e. The summed E-state index contributed by atoms with van der Waals surface area (Å²) in [5, 5.41) is 2.40. The van der Waals surface area contributed by atoms with E-state index in [4.69, 9.17) is 0 Å². The summed E-state index contributed by atoms with van der Waals surface area (Å²) in [4.78, 5) is 0. The van der Waals surface area contributed by atoms with E-state index in [1.54, 1.807) is 0 Å². The van der Waals surface area contributed by atoms with Crippen LogP contribution in [0.4, 0.5) is 0 Å². The minimum atomic E-state index is 0.240. The van der Waals surface area contributed by atoms with Crippen LogP contribution in [0.15, 0.2) is 0 Å². The van der Waals surface area contributed by atoms with Crippen LogP contribution in [-0.2, 0) is 0 Å². The molecule has 0 amide bonds. The van der Waals surface area contributed by atoms with Crippen LogP contribution in [-0.4, -0.2) is 23.1 Å². The molecule has 1 aliphatic heterocycles. The molecule has 1 aliphatic rings. The van der Waals surface area contributed by atoms with Crippen LogP contribution in [0, 0.1) is 5.41 Å². The average molecular weight is 198 g/mol. The third kappa shape index (κ3) is 2.96. The van der Waals surface area contributed by atoms with Gasteiger partial charge in [0.2, 0.25) is 0 Å². The Balaban J connectivity index is 2.61. The summed E-state index contributed by atoms with van der Waals surface area (Å²) < 4.78 is 0. The third-order valence-electron chi connectivity index (χ3n) is 3.04. The van der Waals surface area contributed by atoms with Crippen LogP contribution in [0.5, 0.6) is 0 Å². The molecule has 0 aromatic carbocycles.